The number of hydrogen-bond donors (Lipinski definition) is 2. The van der Waals surface area contributed by atoms with Gasteiger partial charge >= 0.3 is 11.9 Å². The highest BCUT2D eigenvalue weighted by atomic mass is 16.7. The number of aliphatic hydroxyl groups is 2. The van der Waals surface area contributed by atoms with Crippen molar-refractivity contribution < 1.29 is 43.5 Å². The maximum Gasteiger partial charge on any atom is 0.331 e. The van der Waals surface area contributed by atoms with E-state index in [0.29, 0.717) is 36.8 Å². The minimum Gasteiger partial charge on any atom is -0.457 e. The fraction of sp³-hybridized carbons (Fsp3) is 0.639. The fourth-order valence-electron chi connectivity index (χ4n) is 7.59. The second-order valence-electron chi connectivity index (χ2n) is 14.0. The molecule has 1 saturated carbocycles. The smallest absolute Gasteiger partial charge is 0.331 e. The normalized spacial score (nSPS) is 37.1. The first-order chi connectivity index (χ1) is 22.2. The Hall–Kier alpha value is -3.09. The van der Waals surface area contributed by atoms with Gasteiger partial charge in [-0.05, 0) is 81.4 Å². The van der Waals surface area contributed by atoms with Crippen molar-refractivity contribution in [1.82, 2.24) is 9.55 Å². The molecule has 10 atom stereocenters. The molecule has 0 amide bonds. The van der Waals surface area contributed by atoms with E-state index >= 15 is 0 Å². The molecule has 2 aliphatic heterocycles. The van der Waals surface area contributed by atoms with Crippen molar-refractivity contribution in [3.8, 4) is 0 Å². The van der Waals surface area contributed by atoms with Gasteiger partial charge in [-0.25, -0.2) is 9.78 Å². The molecule has 11 nitrogen and oxygen atoms in total. The van der Waals surface area contributed by atoms with Crippen LogP contribution in [0, 0.1) is 23.7 Å². The first kappa shape index (κ1) is 35.2. The molecule has 258 valence electrons. The van der Waals surface area contributed by atoms with Crippen LogP contribution in [0.15, 0.2) is 54.1 Å². The molecule has 0 aromatic carbocycles. The monoisotopic (exact) mass is 654 g/mol. The van der Waals surface area contributed by atoms with Gasteiger partial charge in [0.05, 0.1) is 30.8 Å². The summed E-state index contributed by atoms with van der Waals surface area (Å²) in [5.74, 6) is -1.62. The predicted molar refractivity (Wildman–Crippen MR) is 173 cm³/mol. The van der Waals surface area contributed by atoms with Gasteiger partial charge in [-0.3, -0.25) is 4.79 Å². The summed E-state index contributed by atoms with van der Waals surface area (Å²) in [5.41, 5.74) is 1.58. The van der Waals surface area contributed by atoms with Gasteiger partial charge in [0.25, 0.3) is 0 Å². The molecule has 2 N–H and O–H groups in total. The predicted octanol–water partition coefficient (Wildman–Crippen LogP) is 4.05. The van der Waals surface area contributed by atoms with Crippen molar-refractivity contribution in [1.29, 1.82) is 0 Å². The van der Waals surface area contributed by atoms with E-state index in [0.717, 1.165) is 12.0 Å². The van der Waals surface area contributed by atoms with Crippen molar-refractivity contribution >= 4 is 18.0 Å². The summed E-state index contributed by atoms with van der Waals surface area (Å²) in [5, 5.41) is 21.0. The zero-order valence-electron chi connectivity index (χ0n) is 28.5. The fourth-order valence-corrected chi connectivity index (χ4v) is 7.59. The van der Waals surface area contributed by atoms with Crippen LogP contribution in [0.3, 0.4) is 0 Å². The summed E-state index contributed by atoms with van der Waals surface area (Å²) >= 11 is 0. The topological polar surface area (TPSA) is 139 Å². The summed E-state index contributed by atoms with van der Waals surface area (Å²) in [7, 11) is 3.44. The second-order valence-corrected chi connectivity index (χ2v) is 14.0. The van der Waals surface area contributed by atoms with Crippen molar-refractivity contribution in [3.63, 3.8) is 0 Å². The molecular weight excluding hydrogens is 604 g/mol. The van der Waals surface area contributed by atoms with Crippen LogP contribution in [0.25, 0.3) is 6.08 Å². The Morgan fingerprint density at radius 2 is 1.98 bits per heavy atom. The van der Waals surface area contributed by atoms with E-state index in [1.54, 1.807) is 24.1 Å². The van der Waals surface area contributed by atoms with E-state index in [4.69, 9.17) is 23.7 Å². The number of carbonyl (C=O) groups is 2. The number of rotatable bonds is 9. The molecule has 0 unspecified atom stereocenters. The standard InChI is InChI=1S/C36H50N2O9/c1-21(2)26-10-8-22(3)27-17-31(46-32(41)13-9-25-18-38(6)20-37-25)35(5)14-15-36(43-7,47-35)24(16-28(26)27)19-44-30-12-11-29(40)33(42)34(30)45-23(4)39/h8-9,13-16,18,20-21,26-31,33-34,40,42H,10-12,17,19H2,1-7H3/t26-,27+,28-,29-,30-,31+,33-,34-,35+,36-/m1/s1. The largest absolute Gasteiger partial charge is 0.457 e. The number of aromatic nitrogens is 2. The Bertz CT molecular complexity index is 1430. The van der Waals surface area contributed by atoms with Gasteiger partial charge in [-0.2, -0.15) is 0 Å². The SMILES string of the molecule is CO[C@]12C=C[C@](C)(O1)[C@@H](OC(=O)C=Cc1cn(C)cn1)C[C@H]1C(C)=CC[C@H](C(C)C)[C@H]1C=C2CO[C@@H]1CC[C@@H](O)[C@@H](O)[C@@H]1OC(C)=O. The summed E-state index contributed by atoms with van der Waals surface area (Å²) in [6.07, 6.45) is 12.3. The number of fused-ring (bicyclic) bond motifs is 3. The van der Waals surface area contributed by atoms with E-state index < -0.39 is 53.8 Å². The Labute approximate surface area is 277 Å². The van der Waals surface area contributed by atoms with Crippen LogP contribution in [0.5, 0.6) is 0 Å². The molecule has 2 aliphatic carbocycles. The van der Waals surface area contributed by atoms with Crippen LogP contribution in [-0.2, 0) is 40.3 Å². The Morgan fingerprint density at radius 3 is 2.64 bits per heavy atom. The van der Waals surface area contributed by atoms with Gasteiger partial charge in [-0.1, -0.05) is 31.6 Å². The molecule has 47 heavy (non-hydrogen) atoms. The molecule has 4 aliphatic rings. The molecular formula is C36H50N2O9. The van der Waals surface area contributed by atoms with Crippen LogP contribution < -0.4 is 0 Å². The highest BCUT2D eigenvalue weighted by Crippen LogP contribution is 2.50. The second kappa shape index (κ2) is 14.2. The molecule has 0 radical (unpaired) electrons. The van der Waals surface area contributed by atoms with Gasteiger partial charge < -0.3 is 38.5 Å². The molecule has 1 fully saturated rings. The summed E-state index contributed by atoms with van der Waals surface area (Å²) in [6, 6.07) is 0. The van der Waals surface area contributed by atoms with Crippen LogP contribution in [0.4, 0.5) is 0 Å². The lowest BCUT2D eigenvalue weighted by Crippen LogP contribution is -2.52. The number of imidazole rings is 1. The van der Waals surface area contributed by atoms with Crippen LogP contribution >= 0.6 is 0 Å². The Balaban J connectivity index is 1.49. The van der Waals surface area contributed by atoms with E-state index in [1.165, 1.54) is 18.6 Å². The first-order valence-corrected chi connectivity index (χ1v) is 16.6. The zero-order valence-corrected chi connectivity index (χ0v) is 28.5. The van der Waals surface area contributed by atoms with Crippen LogP contribution in [-0.4, -0.2) is 87.3 Å². The minimum atomic E-state index is -1.32. The lowest BCUT2D eigenvalue weighted by molar-refractivity contribution is -0.230. The molecule has 3 heterocycles. The van der Waals surface area contributed by atoms with Crippen LogP contribution in [0.1, 0.15) is 66.0 Å². The van der Waals surface area contributed by atoms with E-state index in [1.807, 2.05) is 32.3 Å². The average molecular weight is 655 g/mol. The third kappa shape index (κ3) is 7.49. The summed E-state index contributed by atoms with van der Waals surface area (Å²) < 4.78 is 32.9. The Morgan fingerprint density at radius 1 is 1.21 bits per heavy atom. The van der Waals surface area contributed by atoms with Gasteiger partial charge in [0.15, 0.2) is 6.10 Å². The van der Waals surface area contributed by atoms with Gasteiger partial charge in [0.1, 0.15) is 17.8 Å². The molecule has 5 rings (SSSR count). The lowest BCUT2D eigenvalue weighted by atomic mass is 9.65. The molecule has 0 spiro atoms. The maximum absolute atomic E-state index is 13.3. The number of nitrogens with zero attached hydrogens (tertiary/aromatic N) is 2. The van der Waals surface area contributed by atoms with Gasteiger partial charge in [-0.15, -0.1) is 0 Å². The molecule has 1 aromatic heterocycles. The van der Waals surface area contributed by atoms with E-state index in [2.05, 4.69) is 37.9 Å². The van der Waals surface area contributed by atoms with Crippen LogP contribution in [0.2, 0.25) is 0 Å². The maximum atomic E-state index is 13.3. The quantitative estimate of drug-likeness (QED) is 0.228. The summed E-state index contributed by atoms with van der Waals surface area (Å²) in [4.78, 5) is 29.4. The average Bonchev–Trinajstić information content (AvgIpc) is 3.61. The van der Waals surface area contributed by atoms with E-state index in [-0.39, 0.29) is 18.4 Å². The van der Waals surface area contributed by atoms with E-state index in [9.17, 15) is 19.8 Å². The third-order valence-corrected chi connectivity index (χ3v) is 10.3. The number of allylic oxidation sites excluding steroid dienone is 3. The van der Waals surface area contributed by atoms with Crippen molar-refractivity contribution in [2.24, 2.45) is 30.7 Å². The van der Waals surface area contributed by atoms with Gasteiger partial charge in [0.2, 0.25) is 5.79 Å². The van der Waals surface area contributed by atoms with Gasteiger partial charge in [0, 0.05) is 38.9 Å². The summed E-state index contributed by atoms with van der Waals surface area (Å²) in [6.45, 7) is 9.82. The highest BCUT2D eigenvalue weighted by Gasteiger charge is 2.54. The molecule has 1 aromatic rings. The highest BCUT2D eigenvalue weighted by molar-refractivity contribution is 5.86. The number of esters is 2. The first-order valence-electron chi connectivity index (χ1n) is 16.6. The van der Waals surface area contributed by atoms with Crippen molar-refractivity contribution in [2.75, 3.05) is 13.7 Å². The molecule has 0 saturated heterocycles. The van der Waals surface area contributed by atoms with Crippen molar-refractivity contribution in [3.05, 3.63) is 59.7 Å². The number of aliphatic hydroxyl groups excluding tert-OH is 2. The number of carbonyl (C=O) groups excluding carboxylic acids is 2. The number of hydrogen-bond acceptors (Lipinski definition) is 10. The van der Waals surface area contributed by atoms with Crippen molar-refractivity contribution in [2.45, 2.75) is 102 Å². The molecule has 11 heteroatoms. The number of ether oxygens (including phenoxy) is 5. The zero-order chi connectivity index (χ0) is 34.1. The minimum absolute atomic E-state index is 0.0474. The lowest BCUT2D eigenvalue weighted by Gasteiger charge is -2.41. The molecule has 2 bridgehead atoms. The Kier molecular flexibility index (Phi) is 10.6. The number of methoxy groups -OCH3 is 1. The number of aryl methyl sites for hydroxylation is 1. The third-order valence-electron chi connectivity index (χ3n) is 10.3.